The second-order valence-corrected chi connectivity index (χ2v) is 4.94. The zero-order chi connectivity index (χ0) is 12.0. The Kier molecular flexibility index (Phi) is 2.25. The molecule has 17 heavy (non-hydrogen) atoms. The molecule has 1 aromatic heterocycles. The molecule has 0 spiro atoms. The summed E-state index contributed by atoms with van der Waals surface area (Å²) in [6.45, 7) is 0. The predicted octanol–water partition coefficient (Wildman–Crippen LogP) is 1.60. The second kappa shape index (κ2) is 3.66. The van der Waals surface area contributed by atoms with Crippen molar-refractivity contribution in [1.82, 2.24) is 4.57 Å². The van der Waals surface area contributed by atoms with E-state index in [-0.39, 0.29) is 0 Å². The SMILES string of the molecule is CN(C)c1ccc2c(c1)c1c(n2C)=CCCC=1. The molecular weight excluding hydrogens is 208 g/mol. The first-order valence-electron chi connectivity index (χ1n) is 6.14. The van der Waals surface area contributed by atoms with Gasteiger partial charge in [0.25, 0.3) is 0 Å². The predicted molar refractivity (Wildman–Crippen MR) is 74.7 cm³/mol. The van der Waals surface area contributed by atoms with Crippen molar-refractivity contribution >= 4 is 28.7 Å². The van der Waals surface area contributed by atoms with E-state index < -0.39 is 0 Å². The first-order valence-corrected chi connectivity index (χ1v) is 6.14. The van der Waals surface area contributed by atoms with Crippen LogP contribution in [0.2, 0.25) is 0 Å². The van der Waals surface area contributed by atoms with Gasteiger partial charge in [-0.2, -0.15) is 0 Å². The van der Waals surface area contributed by atoms with Crippen molar-refractivity contribution < 1.29 is 0 Å². The van der Waals surface area contributed by atoms with E-state index in [0.717, 1.165) is 12.8 Å². The van der Waals surface area contributed by atoms with Gasteiger partial charge in [0.2, 0.25) is 0 Å². The fourth-order valence-corrected chi connectivity index (χ4v) is 2.67. The van der Waals surface area contributed by atoms with Crippen LogP contribution in [0, 0.1) is 0 Å². The molecule has 1 aliphatic carbocycles. The van der Waals surface area contributed by atoms with Crippen molar-refractivity contribution in [3.63, 3.8) is 0 Å². The average Bonchev–Trinajstić information content (AvgIpc) is 2.64. The van der Waals surface area contributed by atoms with Gasteiger partial charge >= 0.3 is 0 Å². The van der Waals surface area contributed by atoms with Gasteiger partial charge in [-0.25, -0.2) is 0 Å². The summed E-state index contributed by atoms with van der Waals surface area (Å²) in [4.78, 5) is 2.16. The third kappa shape index (κ3) is 1.47. The topological polar surface area (TPSA) is 8.17 Å². The van der Waals surface area contributed by atoms with Crippen LogP contribution < -0.4 is 15.5 Å². The van der Waals surface area contributed by atoms with Gasteiger partial charge in [-0.1, -0.05) is 12.2 Å². The van der Waals surface area contributed by atoms with Crippen LogP contribution in [0.1, 0.15) is 12.8 Å². The quantitative estimate of drug-likeness (QED) is 0.717. The Morgan fingerprint density at radius 3 is 2.65 bits per heavy atom. The Morgan fingerprint density at radius 2 is 1.88 bits per heavy atom. The summed E-state index contributed by atoms with van der Waals surface area (Å²) in [6.07, 6.45) is 7.05. The van der Waals surface area contributed by atoms with E-state index in [1.165, 1.54) is 27.2 Å². The number of benzene rings is 1. The number of nitrogens with zero attached hydrogens (tertiary/aromatic N) is 2. The Hall–Kier alpha value is -1.70. The molecule has 2 nitrogen and oxygen atoms in total. The smallest absolute Gasteiger partial charge is 0.0490 e. The Morgan fingerprint density at radius 1 is 1.12 bits per heavy atom. The van der Waals surface area contributed by atoms with E-state index in [2.05, 4.69) is 61.0 Å². The summed E-state index contributed by atoms with van der Waals surface area (Å²) >= 11 is 0. The molecule has 88 valence electrons. The van der Waals surface area contributed by atoms with Crippen LogP contribution in [-0.4, -0.2) is 18.7 Å². The molecule has 0 N–H and O–H groups in total. The standard InChI is InChI=1S/C15H18N2/c1-16(2)11-8-9-15-13(10-11)12-6-4-5-7-14(12)17(15)3/h6-10H,4-5H2,1-3H3. The zero-order valence-corrected chi connectivity index (χ0v) is 10.7. The fourth-order valence-electron chi connectivity index (χ4n) is 2.67. The van der Waals surface area contributed by atoms with Crippen LogP contribution in [0.25, 0.3) is 23.1 Å². The minimum absolute atomic E-state index is 1.16. The Bertz CT molecular complexity index is 690. The normalized spacial score (nSPS) is 14.1. The van der Waals surface area contributed by atoms with E-state index in [1.54, 1.807) is 0 Å². The molecule has 0 bridgehead atoms. The van der Waals surface area contributed by atoms with Gasteiger partial charge in [-0.05, 0) is 31.0 Å². The van der Waals surface area contributed by atoms with Crippen molar-refractivity contribution in [3.05, 3.63) is 28.8 Å². The maximum absolute atomic E-state index is 2.37. The van der Waals surface area contributed by atoms with E-state index in [9.17, 15) is 0 Å². The third-order valence-electron chi connectivity index (χ3n) is 3.64. The van der Waals surface area contributed by atoms with Crippen molar-refractivity contribution in [3.8, 4) is 0 Å². The molecule has 0 saturated heterocycles. The molecular formula is C15H18N2. The highest BCUT2D eigenvalue weighted by Crippen LogP contribution is 2.18. The maximum atomic E-state index is 2.37. The van der Waals surface area contributed by atoms with E-state index in [1.807, 2.05) is 0 Å². The van der Waals surface area contributed by atoms with Crippen LogP contribution in [0.4, 0.5) is 5.69 Å². The lowest BCUT2D eigenvalue weighted by molar-refractivity contribution is 0.910. The van der Waals surface area contributed by atoms with Crippen LogP contribution in [0.15, 0.2) is 18.2 Å². The van der Waals surface area contributed by atoms with Crippen molar-refractivity contribution in [2.24, 2.45) is 7.05 Å². The molecule has 0 unspecified atom stereocenters. The minimum atomic E-state index is 1.16. The van der Waals surface area contributed by atoms with Crippen LogP contribution >= 0.6 is 0 Å². The number of aryl methyl sites for hydroxylation is 1. The first kappa shape index (κ1) is 10.5. The van der Waals surface area contributed by atoms with Gasteiger partial charge in [0.15, 0.2) is 0 Å². The van der Waals surface area contributed by atoms with Crippen LogP contribution in [0.3, 0.4) is 0 Å². The summed E-state index contributed by atoms with van der Waals surface area (Å²) in [5.41, 5.74) is 2.60. The van der Waals surface area contributed by atoms with E-state index in [4.69, 9.17) is 0 Å². The molecule has 0 fully saturated rings. The molecule has 0 radical (unpaired) electrons. The highest BCUT2D eigenvalue weighted by molar-refractivity contribution is 5.85. The lowest BCUT2D eigenvalue weighted by Crippen LogP contribution is -2.29. The lowest BCUT2D eigenvalue weighted by atomic mass is 10.1. The number of aromatic nitrogens is 1. The molecule has 0 atom stereocenters. The van der Waals surface area contributed by atoms with Crippen molar-refractivity contribution in [1.29, 1.82) is 0 Å². The first-order chi connectivity index (χ1) is 8.18. The lowest BCUT2D eigenvalue weighted by Gasteiger charge is -2.12. The molecule has 2 heteroatoms. The highest BCUT2D eigenvalue weighted by atomic mass is 15.1. The van der Waals surface area contributed by atoms with E-state index in [0.29, 0.717) is 0 Å². The maximum Gasteiger partial charge on any atom is 0.0490 e. The van der Waals surface area contributed by atoms with Gasteiger partial charge < -0.3 is 9.47 Å². The monoisotopic (exact) mass is 226 g/mol. The van der Waals surface area contributed by atoms with Crippen LogP contribution in [0.5, 0.6) is 0 Å². The third-order valence-corrected chi connectivity index (χ3v) is 3.64. The summed E-state index contributed by atoms with van der Waals surface area (Å²) in [5.74, 6) is 0. The molecule has 0 amide bonds. The van der Waals surface area contributed by atoms with E-state index >= 15 is 0 Å². The number of hydrogen-bond acceptors (Lipinski definition) is 1. The molecule has 2 aromatic rings. The van der Waals surface area contributed by atoms with Gasteiger partial charge in [-0.3, -0.25) is 0 Å². The van der Waals surface area contributed by atoms with Gasteiger partial charge in [0, 0.05) is 48.3 Å². The second-order valence-electron chi connectivity index (χ2n) is 4.94. The summed E-state index contributed by atoms with van der Waals surface area (Å²) < 4.78 is 2.31. The molecule has 0 saturated carbocycles. The van der Waals surface area contributed by atoms with Crippen LogP contribution in [-0.2, 0) is 7.05 Å². The highest BCUT2D eigenvalue weighted by Gasteiger charge is 2.08. The average molecular weight is 226 g/mol. The number of anilines is 1. The molecule has 1 heterocycles. The zero-order valence-electron chi connectivity index (χ0n) is 10.7. The van der Waals surface area contributed by atoms with Crippen molar-refractivity contribution in [2.45, 2.75) is 12.8 Å². The Labute approximate surface area is 101 Å². The summed E-state index contributed by atoms with van der Waals surface area (Å²) in [7, 11) is 6.34. The van der Waals surface area contributed by atoms with Gasteiger partial charge in [-0.15, -0.1) is 0 Å². The molecule has 1 aliphatic rings. The largest absolute Gasteiger partial charge is 0.378 e. The number of fused-ring (bicyclic) bond motifs is 3. The number of rotatable bonds is 1. The van der Waals surface area contributed by atoms with Crippen molar-refractivity contribution in [2.75, 3.05) is 19.0 Å². The molecule has 0 aliphatic heterocycles. The number of hydrogen-bond donors (Lipinski definition) is 0. The summed E-state index contributed by atoms with van der Waals surface area (Å²) in [5, 5.41) is 4.17. The molecule has 1 aromatic carbocycles. The van der Waals surface area contributed by atoms with Gasteiger partial charge in [0.05, 0.1) is 0 Å². The molecule has 3 rings (SSSR count). The summed E-state index contributed by atoms with van der Waals surface area (Å²) in [6, 6.07) is 6.71. The van der Waals surface area contributed by atoms with Gasteiger partial charge in [0.1, 0.15) is 0 Å². The Balaban J connectivity index is 2.46. The fraction of sp³-hybridized carbons (Fsp3) is 0.333. The minimum Gasteiger partial charge on any atom is -0.378 e.